The van der Waals surface area contributed by atoms with Crippen LogP contribution in [0.2, 0.25) is 5.02 Å². The van der Waals surface area contributed by atoms with Crippen molar-refractivity contribution in [1.82, 2.24) is 4.31 Å². The van der Waals surface area contributed by atoms with Crippen LogP contribution in [-0.4, -0.2) is 39.5 Å². The summed E-state index contributed by atoms with van der Waals surface area (Å²) in [6, 6.07) is 4.65. The molecule has 0 spiro atoms. The average molecular weight is 338 g/mol. The van der Waals surface area contributed by atoms with Gasteiger partial charge in [0, 0.05) is 31.1 Å². The van der Waals surface area contributed by atoms with Crippen molar-refractivity contribution in [2.24, 2.45) is 5.92 Å². The number of halogens is 2. The Bertz CT molecular complexity index is 577. The van der Waals surface area contributed by atoms with Gasteiger partial charge in [-0.25, -0.2) is 8.42 Å². The molecule has 112 valence electrons. The molecule has 7 heteroatoms. The third kappa shape index (κ3) is 3.28. The third-order valence-electron chi connectivity index (χ3n) is 3.45. The van der Waals surface area contributed by atoms with Gasteiger partial charge in [-0.3, -0.25) is 0 Å². The van der Waals surface area contributed by atoms with Crippen LogP contribution in [0.3, 0.4) is 0 Å². The van der Waals surface area contributed by atoms with Crippen molar-refractivity contribution in [3.8, 4) is 0 Å². The first-order valence-electron chi connectivity index (χ1n) is 6.32. The summed E-state index contributed by atoms with van der Waals surface area (Å²) in [6.07, 6.45) is 0.822. The summed E-state index contributed by atoms with van der Waals surface area (Å²) in [5.41, 5.74) is 0.627. The summed E-state index contributed by atoms with van der Waals surface area (Å²) in [5.74, 6) is 0.448. The summed E-state index contributed by atoms with van der Waals surface area (Å²) in [4.78, 5) is 0.246. The second kappa shape index (κ2) is 6.62. The van der Waals surface area contributed by atoms with Gasteiger partial charge in [-0.15, -0.1) is 11.6 Å². The standard InChI is InChI=1S/C13H17Cl2NO3S/c1-19-9-10-4-5-16(8-10)20(17,18)12-2-3-13(15)11(6-12)7-14/h2-3,6,10H,4-5,7-9H2,1H3. The van der Waals surface area contributed by atoms with Crippen molar-refractivity contribution in [3.05, 3.63) is 28.8 Å². The molecule has 1 fully saturated rings. The SMILES string of the molecule is COCC1CCN(S(=O)(=O)c2ccc(Cl)c(CCl)c2)C1. The number of alkyl halides is 1. The molecule has 0 bridgehead atoms. The minimum absolute atomic E-state index is 0.189. The maximum atomic E-state index is 12.6. The van der Waals surface area contributed by atoms with E-state index < -0.39 is 10.0 Å². The fourth-order valence-corrected chi connectivity index (χ4v) is 4.41. The molecule has 1 aromatic rings. The zero-order chi connectivity index (χ0) is 14.8. The molecule has 2 rings (SSSR count). The number of hydrogen-bond donors (Lipinski definition) is 0. The molecule has 20 heavy (non-hydrogen) atoms. The van der Waals surface area contributed by atoms with E-state index in [9.17, 15) is 8.42 Å². The highest BCUT2D eigenvalue weighted by molar-refractivity contribution is 7.89. The molecule has 1 aliphatic heterocycles. The first-order valence-corrected chi connectivity index (χ1v) is 8.67. The second-order valence-corrected chi connectivity index (χ2v) is 7.47. The Kier molecular flexibility index (Phi) is 5.31. The minimum atomic E-state index is -3.48. The largest absolute Gasteiger partial charge is 0.384 e. The van der Waals surface area contributed by atoms with Crippen LogP contribution in [0.5, 0.6) is 0 Å². The maximum Gasteiger partial charge on any atom is 0.243 e. The first-order chi connectivity index (χ1) is 9.48. The Labute approximate surface area is 129 Å². The monoisotopic (exact) mass is 337 g/mol. The Balaban J connectivity index is 2.23. The molecule has 1 atom stereocenters. The van der Waals surface area contributed by atoms with Crippen LogP contribution < -0.4 is 0 Å². The molecule has 0 amide bonds. The molecular formula is C13H17Cl2NO3S. The van der Waals surface area contributed by atoms with Gasteiger partial charge in [0.2, 0.25) is 10.0 Å². The van der Waals surface area contributed by atoms with Crippen molar-refractivity contribution < 1.29 is 13.2 Å². The Morgan fingerprint density at radius 1 is 1.45 bits per heavy atom. The van der Waals surface area contributed by atoms with Crippen LogP contribution in [0.25, 0.3) is 0 Å². The number of rotatable bonds is 5. The maximum absolute atomic E-state index is 12.6. The number of benzene rings is 1. The van der Waals surface area contributed by atoms with E-state index in [4.69, 9.17) is 27.9 Å². The number of nitrogens with zero attached hydrogens (tertiary/aromatic N) is 1. The Morgan fingerprint density at radius 2 is 2.20 bits per heavy atom. The van der Waals surface area contributed by atoms with Crippen molar-refractivity contribution in [2.45, 2.75) is 17.2 Å². The number of ether oxygens (including phenoxy) is 1. The molecule has 0 aromatic heterocycles. The molecular weight excluding hydrogens is 321 g/mol. The molecule has 1 aliphatic rings. The smallest absolute Gasteiger partial charge is 0.243 e. The molecule has 0 N–H and O–H groups in total. The quantitative estimate of drug-likeness (QED) is 0.776. The number of methoxy groups -OCH3 is 1. The van der Waals surface area contributed by atoms with Gasteiger partial charge in [0.15, 0.2) is 0 Å². The summed E-state index contributed by atoms with van der Waals surface area (Å²) in [5, 5.41) is 0.484. The lowest BCUT2D eigenvalue weighted by atomic mass is 10.1. The van der Waals surface area contributed by atoms with Gasteiger partial charge < -0.3 is 4.74 Å². The topological polar surface area (TPSA) is 46.6 Å². The predicted molar refractivity (Wildman–Crippen MR) is 79.8 cm³/mol. The summed E-state index contributed by atoms with van der Waals surface area (Å²) in [6.45, 7) is 1.60. The lowest BCUT2D eigenvalue weighted by Gasteiger charge is -2.17. The summed E-state index contributed by atoms with van der Waals surface area (Å²) < 4.78 is 31.7. The van der Waals surface area contributed by atoms with Crippen LogP contribution >= 0.6 is 23.2 Å². The lowest BCUT2D eigenvalue weighted by molar-refractivity contribution is 0.157. The number of sulfonamides is 1. The highest BCUT2D eigenvalue weighted by Crippen LogP contribution is 2.27. The fraction of sp³-hybridized carbons (Fsp3) is 0.538. The molecule has 1 aromatic carbocycles. The van der Waals surface area contributed by atoms with Gasteiger partial charge in [0.05, 0.1) is 11.5 Å². The van der Waals surface area contributed by atoms with Crippen molar-refractivity contribution in [3.63, 3.8) is 0 Å². The zero-order valence-electron chi connectivity index (χ0n) is 11.2. The van der Waals surface area contributed by atoms with Crippen molar-refractivity contribution in [1.29, 1.82) is 0 Å². The van der Waals surface area contributed by atoms with E-state index in [2.05, 4.69) is 0 Å². The highest BCUT2D eigenvalue weighted by atomic mass is 35.5. The average Bonchev–Trinajstić information content (AvgIpc) is 2.89. The van der Waals surface area contributed by atoms with Crippen LogP contribution in [0.15, 0.2) is 23.1 Å². The van der Waals surface area contributed by atoms with E-state index in [1.54, 1.807) is 19.2 Å². The number of hydrogen-bond acceptors (Lipinski definition) is 3. The first kappa shape index (κ1) is 16.0. The Hall–Kier alpha value is -0.330. The molecule has 0 aliphatic carbocycles. The van der Waals surface area contributed by atoms with E-state index in [1.807, 2.05) is 0 Å². The normalized spacial score (nSPS) is 20.4. The molecule has 1 heterocycles. The second-order valence-electron chi connectivity index (χ2n) is 4.86. The fourth-order valence-electron chi connectivity index (χ4n) is 2.35. The van der Waals surface area contributed by atoms with E-state index in [1.165, 1.54) is 10.4 Å². The van der Waals surface area contributed by atoms with E-state index in [-0.39, 0.29) is 16.7 Å². The van der Waals surface area contributed by atoms with Gasteiger partial charge in [-0.05, 0) is 36.1 Å². The third-order valence-corrected chi connectivity index (χ3v) is 5.97. The molecule has 4 nitrogen and oxygen atoms in total. The van der Waals surface area contributed by atoms with Crippen LogP contribution in [0, 0.1) is 5.92 Å². The van der Waals surface area contributed by atoms with Crippen molar-refractivity contribution >= 4 is 33.2 Å². The Morgan fingerprint density at radius 3 is 2.85 bits per heavy atom. The molecule has 0 radical (unpaired) electrons. The predicted octanol–water partition coefficient (Wildman–Crippen LogP) is 2.74. The van der Waals surface area contributed by atoms with E-state index in [0.29, 0.717) is 30.3 Å². The van der Waals surface area contributed by atoms with Crippen LogP contribution in [-0.2, 0) is 20.6 Å². The zero-order valence-corrected chi connectivity index (χ0v) is 13.5. The van der Waals surface area contributed by atoms with Gasteiger partial charge in [-0.1, -0.05) is 11.6 Å². The molecule has 1 unspecified atom stereocenters. The summed E-state index contributed by atoms with van der Waals surface area (Å²) in [7, 11) is -1.85. The van der Waals surface area contributed by atoms with Gasteiger partial charge >= 0.3 is 0 Å². The van der Waals surface area contributed by atoms with Crippen LogP contribution in [0.4, 0.5) is 0 Å². The molecule has 1 saturated heterocycles. The van der Waals surface area contributed by atoms with E-state index in [0.717, 1.165) is 6.42 Å². The van der Waals surface area contributed by atoms with Crippen molar-refractivity contribution in [2.75, 3.05) is 26.8 Å². The lowest BCUT2D eigenvalue weighted by Crippen LogP contribution is -2.29. The van der Waals surface area contributed by atoms with Gasteiger partial charge in [0.25, 0.3) is 0 Å². The van der Waals surface area contributed by atoms with Gasteiger partial charge in [-0.2, -0.15) is 4.31 Å². The minimum Gasteiger partial charge on any atom is -0.384 e. The summed E-state index contributed by atoms with van der Waals surface area (Å²) >= 11 is 11.7. The highest BCUT2D eigenvalue weighted by Gasteiger charge is 2.32. The van der Waals surface area contributed by atoms with Crippen LogP contribution in [0.1, 0.15) is 12.0 Å². The van der Waals surface area contributed by atoms with Gasteiger partial charge in [0.1, 0.15) is 0 Å². The van der Waals surface area contributed by atoms with E-state index >= 15 is 0 Å². The molecule has 0 saturated carbocycles.